The van der Waals surface area contributed by atoms with Crippen molar-refractivity contribution in [2.45, 2.75) is 25.2 Å². The van der Waals surface area contributed by atoms with Gasteiger partial charge in [0.25, 0.3) is 5.91 Å². The molecule has 0 spiro atoms. The van der Waals surface area contributed by atoms with E-state index < -0.39 is 6.17 Å². The lowest BCUT2D eigenvalue weighted by Crippen LogP contribution is -2.40. The van der Waals surface area contributed by atoms with Gasteiger partial charge in [0.15, 0.2) is 0 Å². The number of carbonyl (C=O) groups is 1. The van der Waals surface area contributed by atoms with Gasteiger partial charge in [-0.2, -0.15) is 0 Å². The number of halogens is 1. The Balaban J connectivity index is 1.63. The molecule has 3 heterocycles. The monoisotopic (exact) mass is 321 g/mol. The molecule has 1 aliphatic heterocycles. The Morgan fingerprint density at radius 1 is 1.55 bits per heavy atom. The van der Waals surface area contributed by atoms with Gasteiger partial charge in [-0.3, -0.25) is 9.69 Å². The van der Waals surface area contributed by atoms with Gasteiger partial charge in [-0.1, -0.05) is 6.07 Å². The van der Waals surface area contributed by atoms with Gasteiger partial charge in [-0.25, -0.2) is 4.39 Å². The average molecular weight is 321 g/mol. The molecule has 0 bridgehead atoms. The number of likely N-dealkylation sites (N-methyl/N-ethyl adjacent to an activating group) is 1. The highest BCUT2D eigenvalue weighted by molar-refractivity contribution is 7.09. The zero-order chi connectivity index (χ0) is 15.5. The Hall–Kier alpha value is -1.66. The summed E-state index contributed by atoms with van der Waals surface area (Å²) in [5.41, 5.74) is 0.641. The summed E-state index contributed by atoms with van der Waals surface area (Å²) in [6.07, 6.45) is 3.11. The first-order valence-corrected chi connectivity index (χ1v) is 8.30. The van der Waals surface area contributed by atoms with Crippen molar-refractivity contribution in [1.29, 1.82) is 0 Å². The quantitative estimate of drug-likeness (QED) is 0.920. The number of aromatic amines is 1. The lowest BCUT2D eigenvalue weighted by molar-refractivity contribution is 0.0750. The maximum atomic E-state index is 13.8. The van der Waals surface area contributed by atoms with E-state index in [4.69, 9.17) is 0 Å². The molecule has 1 fully saturated rings. The molecule has 6 heteroatoms. The minimum absolute atomic E-state index is 0.0281. The first-order chi connectivity index (χ1) is 10.6. The van der Waals surface area contributed by atoms with Gasteiger partial charge in [0.1, 0.15) is 6.17 Å². The number of H-pyrrole nitrogens is 1. The van der Waals surface area contributed by atoms with Crippen molar-refractivity contribution in [1.82, 2.24) is 14.8 Å². The van der Waals surface area contributed by atoms with Crippen molar-refractivity contribution in [3.8, 4) is 0 Å². The number of aromatic nitrogens is 1. The normalized spacial score (nSPS) is 22.1. The van der Waals surface area contributed by atoms with Crippen molar-refractivity contribution in [3.63, 3.8) is 0 Å². The Labute approximate surface area is 133 Å². The molecule has 1 N–H and O–H groups in total. The number of alkyl halides is 1. The summed E-state index contributed by atoms with van der Waals surface area (Å²) in [4.78, 5) is 20.3. The van der Waals surface area contributed by atoms with Gasteiger partial charge in [-0.15, -0.1) is 11.3 Å². The average Bonchev–Trinajstić information content (AvgIpc) is 3.22. The van der Waals surface area contributed by atoms with E-state index in [0.29, 0.717) is 25.1 Å². The van der Waals surface area contributed by atoms with Crippen LogP contribution >= 0.6 is 11.3 Å². The molecule has 0 aliphatic carbocycles. The second-order valence-electron chi connectivity index (χ2n) is 5.78. The number of carbonyl (C=O) groups excluding carboxylic acids is 1. The van der Waals surface area contributed by atoms with Crippen LogP contribution in [0.5, 0.6) is 0 Å². The smallest absolute Gasteiger partial charge is 0.255 e. The lowest BCUT2D eigenvalue weighted by atomic mass is 10.2. The number of likely N-dealkylation sites (tertiary alicyclic amines) is 1. The number of rotatable bonds is 5. The number of nitrogens with one attached hydrogen (secondary N) is 1. The number of hydrogen-bond donors (Lipinski definition) is 1. The third-order valence-electron chi connectivity index (χ3n) is 4.09. The van der Waals surface area contributed by atoms with Gasteiger partial charge < -0.3 is 9.88 Å². The first kappa shape index (κ1) is 15.2. The van der Waals surface area contributed by atoms with Crippen LogP contribution in [0.2, 0.25) is 0 Å². The zero-order valence-electron chi connectivity index (χ0n) is 12.5. The van der Waals surface area contributed by atoms with E-state index in [0.717, 1.165) is 6.54 Å². The van der Waals surface area contributed by atoms with Crippen LogP contribution in [0.15, 0.2) is 36.0 Å². The molecule has 2 aromatic heterocycles. The number of hydrogen-bond acceptors (Lipinski definition) is 3. The van der Waals surface area contributed by atoms with Crippen molar-refractivity contribution in [2.24, 2.45) is 0 Å². The van der Waals surface area contributed by atoms with Crippen LogP contribution in [0, 0.1) is 0 Å². The summed E-state index contributed by atoms with van der Waals surface area (Å²) in [5.74, 6) is -0.0281. The van der Waals surface area contributed by atoms with E-state index in [2.05, 4.69) is 16.0 Å². The van der Waals surface area contributed by atoms with Gasteiger partial charge in [0.2, 0.25) is 0 Å². The highest BCUT2D eigenvalue weighted by atomic mass is 32.1. The third kappa shape index (κ3) is 3.39. The Bertz CT molecular complexity index is 599. The summed E-state index contributed by atoms with van der Waals surface area (Å²) in [6, 6.07) is 5.92. The molecule has 0 saturated carbocycles. The molecule has 1 amide bonds. The molecular formula is C16H20FN3OS. The van der Waals surface area contributed by atoms with Gasteiger partial charge in [-0.05, 0) is 23.9 Å². The van der Waals surface area contributed by atoms with Crippen LogP contribution < -0.4 is 0 Å². The van der Waals surface area contributed by atoms with Crippen molar-refractivity contribution in [3.05, 3.63) is 46.4 Å². The molecule has 4 nitrogen and oxygen atoms in total. The largest absolute Gasteiger partial charge is 0.367 e. The third-order valence-corrected chi connectivity index (χ3v) is 4.95. The van der Waals surface area contributed by atoms with Crippen molar-refractivity contribution < 1.29 is 9.18 Å². The van der Waals surface area contributed by atoms with Crippen molar-refractivity contribution >= 4 is 17.2 Å². The predicted octanol–water partition coefficient (Wildman–Crippen LogP) is 2.76. The van der Waals surface area contributed by atoms with E-state index in [1.165, 1.54) is 4.88 Å². The van der Waals surface area contributed by atoms with Gasteiger partial charge in [0, 0.05) is 50.0 Å². The lowest BCUT2D eigenvalue weighted by Gasteiger charge is -2.28. The fraction of sp³-hybridized carbons (Fsp3) is 0.438. The predicted molar refractivity (Wildman–Crippen MR) is 85.8 cm³/mol. The Morgan fingerprint density at radius 2 is 2.41 bits per heavy atom. The molecule has 2 aromatic rings. The minimum Gasteiger partial charge on any atom is -0.367 e. The molecule has 1 saturated heterocycles. The summed E-state index contributed by atoms with van der Waals surface area (Å²) >= 11 is 1.69. The van der Waals surface area contributed by atoms with Gasteiger partial charge >= 0.3 is 0 Å². The minimum atomic E-state index is -0.805. The number of thiophene rings is 1. The van der Waals surface area contributed by atoms with Crippen LogP contribution in [-0.2, 0) is 6.54 Å². The molecule has 0 unspecified atom stereocenters. The standard InChI is InChI=1S/C16H20FN3OS/c1-19(16(21)12-4-5-18-8-12)10-14-7-13(17)9-20(14)11-15-3-2-6-22-15/h2-6,8,13-14,18H,7,9-11H2,1H3/t13-,14-/m0/s1. The molecule has 0 radical (unpaired) electrons. The summed E-state index contributed by atoms with van der Waals surface area (Å²) in [5, 5.41) is 2.04. The van der Waals surface area contributed by atoms with Crippen LogP contribution in [0.3, 0.4) is 0 Å². The molecule has 2 atom stereocenters. The van der Waals surface area contributed by atoms with E-state index in [-0.39, 0.29) is 11.9 Å². The maximum absolute atomic E-state index is 13.8. The molecule has 118 valence electrons. The fourth-order valence-electron chi connectivity index (χ4n) is 2.99. The van der Waals surface area contributed by atoms with Crippen LogP contribution in [0.4, 0.5) is 4.39 Å². The second kappa shape index (κ2) is 6.62. The Morgan fingerprint density at radius 3 is 3.09 bits per heavy atom. The van der Waals surface area contributed by atoms with E-state index in [1.807, 2.05) is 11.4 Å². The molecule has 0 aromatic carbocycles. The topological polar surface area (TPSA) is 39.3 Å². The van der Waals surface area contributed by atoms with E-state index in [1.54, 1.807) is 41.7 Å². The summed E-state index contributed by atoms with van der Waals surface area (Å²) in [6.45, 7) is 1.76. The summed E-state index contributed by atoms with van der Waals surface area (Å²) < 4.78 is 13.8. The highest BCUT2D eigenvalue weighted by Gasteiger charge is 2.33. The molecule has 22 heavy (non-hydrogen) atoms. The number of amides is 1. The fourth-order valence-corrected chi connectivity index (χ4v) is 3.71. The van der Waals surface area contributed by atoms with Crippen LogP contribution in [-0.4, -0.2) is 53.0 Å². The second-order valence-corrected chi connectivity index (χ2v) is 6.81. The first-order valence-electron chi connectivity index (χ1n) is 7.42. The molecular weight excluding hydrogens is 301 g/mol. The van der Waals surface area contributed by atoms with E-state index >= 15 is 0 Å². The van der Waals surface area contributed by atoms with Crippen LogP contribution in [0.1, 0.15) is 21.7 Å². The number of nitrogens with zero attached hydrogens (tertiary/aromatic N) is 2. The highest BCUT2D eigenvalue weighted by Crippen LogP contribution is 2.25. The van der Waals surface area contributed by atoms with Gasteiger partial charge in [0.05, 0.1) is 5.56 Å². The summed E-state index contributed by atoms with van der Waals surface area (Å²) in [7, 11) is 1.78. The molecule has 1 aliphatic rings. The molecule has 3 rings (SSSR count). The van der Waals surface area contributed by atoms with E-state index in [9.17, 15) is 9.18 Å². The Kier molecular flexibility index (Phi) is 4.59. The maximum Gasteiger partial charge on any atom is 0.255 e. The SMILES string of the molecule is CN(C[C@@H]1C[C@H](F)CN1Cc1cccs1)C(=O)c1cc[nH]c1. The van der Waals surface area contributed by atoms with Crippen molar-refractivity contribution in [2.75, 3.05) is 20.1 Å². The zero-order valence-corrected chi connectivity index (χ0v) is 13.4. The van der Waals surface area contributed by atoms with Crippen LogP contribution in [0.25, 0.3) is 0 Å².